The molecular formula is C17H24OS. The van der Waals surface area contributed by atoms with Crippen LogP contribution in [0.5, 0.6) is 0 Å². The largest absolute Gasteiger partial charge is 0.293 e. The number of thiophene rings is 1. The Bertz CT molecular complexity index is 407. The maximum absolute atomic E-state index is 12.2. The van der Waals surface area contributed by atoms with E-state index >= 15 is 0 Å². The quantitative estimate of drug-likeness (QED) is 0.284. The summed E-state index contributed by atoms with van der Waals surface area (Å²) in [4.78, 5) is 14.7. The van der Waals surface area contributed by atoms with Crippen molar-refractivity contribution in [2.45, 2.75) is 64.2 Å². The molecule has 0 spiro atoms. The van der Waals surface area contributed by atoms with Crippen LogP contribution in [0.2, 0.25) is 0 Å². The van der Waals surface area contributed by atoms with Gasteiger partial charge in [0.1, 0.15) is 0 Å². The second-order valence-electron chi connectivity index (χ2n) is 5.43. The van der Waals surface area contributed by atoms with Crippen molar-refractivity contribution in [3.63, 3.8) is 0 Å². The van der Waals surface area contributed by atoms with Crippen LogP contribution in [0.25, 0.3) is 0 Å². The minimum atomic E-state index is 0.358. The van der Waals surface area contributed by atoms with Crippen LogP contribution < -0.4 is 0 Å². The lowest BCUT2D eigenvalue weighted by molar-refractivity contribution is 0.0983. The van der Waals surface area contributed by atoms with Crippen LogP contribution in [0.4, 0.5) is 0 Å². The fraction of sp³-hybridized carbons (Fsp3) is 0.588. The molecule has 1 nitrogen and oxygen atoms in total. The molecule has 1 aromatic heterocycles. The predicted molar refractivity (Wildman–Crippen MR) is 83.2 cm³/mol. The first-order chi connectivity index (χ1) is 9.31. The zero-order chi connectivity index (χ0) is 13.5. The topological polar surface area (TPSA) is 17.1 Å². The number of ketones is 1. The van der Waals surface area contributed by atoms with E-state index in [4.69, 9.17) is 0 Å². The van der Waals surface area contributed by atoms with E-state index in [0.29, 0.717) is 5.78 Å². The Hall–Kier alpha value is -0.890. The van der Waals surface area contributed by atoms with Gasteiger partial charge in [-0.3, -0.25) is 4.79 Å². The lowest BCUT2D eigenvalue weighted by Gasteiger charge is -1.98. The molecular weight excluding hydrogens is 252 g/mol. The van der Waals surface area contributed by atoms with Gasteiger partial charge in [-0.1, -0.05) is 18.9 Å². The van der Waals surface area contributed by atoms with Crippen molar-refractivity contribution in [1.29, 1.82) is 0 Å². The lowest BCUT2D eigenvalue weighted by Crippen LogP contribution is -1.95. The molecule has 0 N–H and O–H groups in total. The molecule has 2 heteroatoms. The van der Waals surface area contributed by atoms with E-state index in [9.17, 15) is 4.79 Å². The van der Waals surface area contributed by atoms with Gasteiger partial charge >= 0.3 is 0 Å². The van der Waals surface area contributed by atoms with Crippen LogP contribution >= 0.6 is 11.3 Å². The molecule has 0 saturated carbocycles. The highest BCUT2D eigenvalue weighted by atomic mass is 32.1. The van der Waals surface area contributed by atoms with Gasteiger partial charge in [-0.15, -0.1) is 17.9 Å². The molecule has 0 unspecified atom stereocenters. The summed E-state index contributed by atoms with van der Waals surface area (Å²) in [5.41, 5.74) is 1.46. The normalized spacial score (nSPS) is 14.7. The van der Waals surface area contributed by atoms with Crippen molar-refractivity contribution in [1.82, 2.24) is 0 Å². The van der Waals surface area contributed by atoms with Gasteiger partial charge in [-0.2, -0.15) is 0 Å². The van der Waals surface area contributed by atoms with Crippen LogP contribution in [-0.2, 0) is 12.8 Å². The number of aryl methyl sites for hydroxylation is 2. The van der Waals surface area contributed by atoms with E-state index in [-0.39, 0.29) is 0 Å². The Balaban J connectivity index is 1.84. The van der Waals surface area contributed by atoms with Gasteiger partial charge in [-0.25, -0.2) is 0 Å². The molecule has 0 radical (unpaired) electrons. The van der Waals surface area contributed by atoms with E-state index in [0.717, 1.165) is 37.0 Å². The standard InChI is InChI=1S/C17H24OS/c1-2-3-4-5-8-11-15(18)17-13-14-10-7-6-9-12-16(14)19-17/h2,13H,1,3-12H2. The van der Waals surface area contributed by atoms with Crippen LogP contribution in [-0.4, -0.2) is 5.78 Å². The molecule has 1 aromatic rings. The van der Waals surface area contributed by atoms with E-state index in [1.807, 2.05) is 6.08 Å². The predicted octanol–water partition coefficient (Wildman–Crippen LogP) is 5.34. The molecule has 0 atom stereocenters. The van der Waals surface area contributed by atoms with E-state index in [1.165, 1.54) is 42.5 Å². The highest BCUT2D eigenvalue weighted by molar-refractivity contribution is 7.14. The van der Waals surface area contributed by atoms with Crippen molar-refractivity contribution in [2.75, 3.05) is 0 Å². The average Bonchev–Trinajstić information content (AvgIpc) is 2.70. The monoisotopic (exact) mass is 276 g/mol. The van der Waals surface area contributed by atoms with Gasteiger partial charge in [-0.05, 0) is 56.6 Å². The fourth-order valence-electron chi connectivity index (χ4n) is 2.68. The van der Waals surface area contributed by atoms with Gasteiger partial charge in [0.2, 0.25) is 0 Å². The first kappa shape index (κ1) is 14.5. The summed E-state index contributed by atoms with van der Waals surface area (Å²) >= 11 is 1.76. The minimum Gasteiger partial charge on any atom is -0.293 e. The van der Waals surface area contributed by atoms with Crippen LogP contribution in [0.15, 0.2) is 18.7 Å². The van der Waals surface area contributed by atoms with E-state index in [1.54, 1.807) is 11.3 Å². The van der Waals surface area contributed by atoms with E-state index < -0.39 is 0 Å². The number of Topliss-reactive ketones (excluding diaryl/α,β-unsaturated/α-hetero) is 1. The van der Waals surface area contributed by atoms with Gasteiger partial charge in [0.05, 0.1) is 4.88 Å². The highest BCUT2D eigenvalue weighted by Crippen LogP contribution is 2.29. The lowest BCUT2D eigenvalue weighted by atomic mass is 10.1. The maximum atomic E-state index is 12.2. The van der Waals surface area contributed by atoms with Crippen LogP contribution in [0, 0.1) is 0 Å². The number of fused-ring (bicyclic) bond motifs is 1. The van der Waals surface area contributed by atoms with Crippen molar-refractivity contribution in [2.24, 2.45) is 0 Å². The summed E-state index contributed by atoms with van der Waals surface area (Å²) in [7, 11) is 0. The summed E-state index contributed by atoms with van der Waals surface area (Å²) in [5.74, 6) is 0.358. The third kappa shape index (κ3) is 4.31. The Morgan fingerprint density at radius 3 is 2.89 bits per heavy atom. The molecule has 0 amide bonds. The Kier molecular flexibility index (Phi) is 5.84. The Labute approximate surface area is 120 Å². The molecule has 1 aliphatic carbocycles. The minimum absolute atomic E-state index is 0.358. The average molecular weight is 276 g/mol. The molecule has 0 bridgehead atoms. The number of carbonyl (C=O) groups excluding carboxylic acids is 1. The van der Waals surface area contributed by atoms with Crippen molar-refractivity contribution < 1.29 is 4.79 Å². The highest BCUT2D eigenvalue weighted by Gasteiger charge is 2.15. The smallest absolute Gasteiger partial charge is 0.172 e. The third-order valence-electron chi connectivity index (χ3n) is 3.83. The van der Waals surface area contributed by atoms with Gasteiger partial charge in [0.25, 0.3) is 0 Å². The van der Waals surface area contributed by atoms with Crippen molar-refractivity contribution in [3.8, 4) is 0 Å². The third-order valence-corrected chi connectivity index (χ3v) is 5.11. The number of rotatable bonds is 7. The van der Waals surface area contributed by atoms with Crippen molar-refractivity contribution in [3.05, 3.63) is 34.0 Å². The summed E-state index contributed by atoms with van der Waals surface area (Å²) in [5, 5.41) is 0. The number of hydrogen-bond donors (Lipinski definition) is 0. The SMILES string of the molecule is C=CCCCCCC(=O)c1cc2c(s1)CCCCC2. The van der Waals surface area contributed by atoms with Gasteiger partial charge < -0.3 is 0 Å². The first-order valence-corrected chi connectivity index (χ1v) is 8.38. The van der Waals surface area contributed by atoms with Crippen molar-refractivity contribution >= 4 is 17.1 Å². The number of unbranched alkanes of at least 4 members (excludes halogenated alkanes) is 3. The summed E-state index contributed by atoms with van der Waals surface area (Å²) in [6, 6.07) is 2.18. The van der Waals surface area contributed by atoms with Gasteiger partial charge in [0, 0.05) is 11.3 Å². The van der Waals surface area contributed by atoms with E-state index in [2.05, 4.69) is 12.6 Å². The number of hydrogen-bond acceptors (Lipinski definition) is 2. The molecule has 0 aromatic carbocycles. The first-order valence-electron chi connectivity index (χ1n) is 7.57. The molecule has 0 fully saturated rings. The maximum Gasteiger partial charge on any atom is 0.172 e. The van der Waals surface area contributed by atoms with Crippen LogP contribution in [0.1, 0.15) is 71.5 Å². The molecule has 2 rings (SSSR count). The summed E-state index contributed by atoms with van der Waals surface area (Å²) in [6.45, 7) is 3.72. The molecule has 0 saturated heterocycles. The molecule has 1 heterocycles. The molecule has 19 heavy (non-hydrogen) atoms. The molecule has 104 valence electrons. The fourth-order valence-corrected chi connectivity index (χ4v) is 3.90. The van der Waals surface area contributed by atoms with Crippen LogP contribution in [0.3, 0.4) is 0 Å². The Morgan fingerprint density at radius 1 is 1.21 bits per heavy atom. The zero-order valence-electron chi connectivity index (χ0n) is 11.7. The summed E-state index contributed by atoms with van der Waals surface area (Å²) < 4.78 is 0. The molecule has 1 aliphatic rings. The second-order valence-corrected chi connectivity index (χ2v) is 6.57. The number of allylic oxidation sites excluding steroid dienone is 1. The molecule has 0 aliphatic heterocycles. The van der Waals surface area contributed by atoms with Gasteiger partial charge in [0.15, 0.2) is 5.78 Å². The zero-order valence-corrected chi connectivity index (χ0v) is 12.6. The summed E-state index contributed by atoms with van der Waals surface area (Å²) in [6.07, 6.45) is 13.4. The second kappa shape index (κ2) is 7.64. The number of carbonyl (C=O) groups is 1. The Morgan fingerprint density at radius 2 is 2.05 bits per heavy atom.